The van der Waals surface area contributed by atoms with Crippen molar-refractivity contribution >= 4 is 11.6 Å². The fraction of sp³-hybridized carbons (Fsp3) is 0.467. The summed E-state index contributed by atoms with van der Waals surface area (Å²) in [6, 6.07) is 4.41. The molecule has 0 aliphatic rings. The van der Waals surface area contributed by atoms with Crippen molar-refractivity contribution in [2.24, 2.45) is 0 Å². The van der Waals surface area contributed by atoms with E-state index in [-0.39, 0.29) is 5.38 Å². The Bertz CT molecular complexity index is 552. The summed E-state index contributed by atoms with van der Waals surface area (Å²) in [6.45, 7) is 9.20. The first-order chi connectivity index (χ1) is 9.01. The number of rotatable bonds is 4. The lowest BCUT2D eigenvalue weighted by molar-refractivity contribution is 0.644. The third-order valence-electron chi connectivity index (χ3n) is 3.40. The van der Waals surface area contributed by atoms with Crippen molar-refractivity contribution in [2.45, 2.75) is 46.0 Å². The Morgan fingerprint density at radius 2 is 1.84 bits per heavy atom. The Morgan fingerprint density at radius 1 is 1.21 bits per heavy atom. The predicted octanol–water partition coefficient (Wildman–Crippen LogP) is 3.94. The van der Waals surface area contributed by atoms with Crippen LogP contribution in [0.25, 0.3) is 0 Å². The lowest BCUT2D eigenvalue weighted by atomic mass is 10.00. The number of alkyl halides is 1. The van der Waals surface area contributed by atoms with Gasteiger partial charge in [-0.2, -0.15) is 0 Å². The highest BCUT2D eigenvalue weighted by atomic mass is 35.5. The van der Waals surface area contributed by atoms with Crippen molar-refractivity contribution in [3.63, 3.8) is 0 Å². The van der Waals surface area contributed by atoms with Gasteiger partial charge in [0.15, 0.2) is 0 Å². The second-order valence-electron chi connectivity index (χ2n) is 5.09. The summed E-state index contributed by atoms with van der Waals surface area (Å²) in [5.41, 5.74) is 6.06. The molecule has 1 atom stereocenters. The van der Waals surface area contributed by atoms with E-state index in [1.54, 1.807) is 0 Å². The van der Waals surface area contributed by atoms with E-state index >= 15 is 0 Å². The molecule has 102 valence electrons. The van der Waals surface area contributed by atoms with Gasteiger partial charge in [0.1, 0.15) is 5.69 Å². The van der Waals surface area contributed by atoms with Gasteiger partial charge in [0.2, 0.25) is 0 Å². The second kappa shape index (κ2) is 5.74. The highest BCUT2D eigenvalue weighted by Gasteiger charge is 2.11. The van der Waals surface area contributed by atoms with Gasteiger partial charge < -0.3 is 0 Å². The van der Waals surface area contributed by atoms with E-state index in [0.29, 0.717) is 0 Å². The zero-order valence-electron chi connectivity index (χ0n) is 11.9. The van der Waals surface area contributed by atoms with Crippen LogP contribution >= 0.6 is 11.6 Å². The third-order valence-corrected chi connectivity index (χ3v) is 3.93. The molecule has 0 radical (unpaired) electrons. The molecule has 2 aromatic rings. The smallest absolute Gasteiger partial charge is 0.101 e. The summed E-state index contributed by atoms with van der Waals surface area (Å²) >= 11 is 6.17. The molecule has 0 fully saturated rings. The van der Waals surface area contributed by atoms with E-state index in [1.165, 1.54) is 22.3 Å². The van der Waals surface area contributed by atoms with Crippen LogP contribution in [0.4, 0.5) is 0 Å². The molecule has 1 aromatic heterocycles. The lowest BCUT2D eigenvalue weighted by Crippen LogP contribution is -2.05. The number of halogens is 1. The lowest BCUT2D eigenvalue weighted by Gasteiger charge is -2.10. The van der Waals surface area contributed by atoms with Crippen LogP contribution < -0.4 is 0 Å². The number of benzene rings is 1. The van der Waals surface area contributed by atoms with Crippen molar-refractivity contribution in [3.8, 4) is 0 Å². The maximum Gasteiger partial charge on any atom is 0.101 e. The average molecular weight is 278 g/mol. The highest BCUT2D eigenvalue weighted by Crippen LogP contribution is 2.22. The van der Waals surface area contributed by atoms with Crippen LogP contribution in [0.2, 0.25) is 0 Å². The second-order valence-corrected chi connectivity index (χ2v) is 5.62. The predicted molar refractivity (Wildman–Crippen MR) is 78.7 cm³/mol. The summed E-state index contributed by atoms with van der Waals surface area (Å²) in [6.07, 6.45) is 2.81. The molecule has 3 nitrogen and oxygen atoms in total. The molecule has 1 unspecified atom stereocenters. The Hall–Kier alpha value is -1.35. The van der Waals surface area contributed by atoms with Crippen LogP contribution in [0.1, 0.15) is 46.7 Å². The van der Waals surface area contributed by atoms with Crippen LogP contribution in [0, 0.1) is 20.8 Å². The van der Waals surface area contributed by atoms with E-state index < -0.39 is 0 Å². The standard InChI is InChI=1S/C15H20ClN3/c1-5-14(16)15-9-19(18-17-15)8-13-11(3)6-10(2)7-12(13)4/h6-7,9,14H,5,8H2,1-4H3. The van der Waals surface area contributed by atoms with E-state index in [9.17, 15) is 0 Å². The van der Waals surface area contributed by atoms with Gasteiger partial charge in [0, 0.05) is 0 Å². The number of aromatic nitrogens is 3. The van der Waals surface area contributed by atoms with Gasteiger partial charge in [-0.1, -0.05) is 29.8 Å². The van der Waals surface area contributed by atoms with Crippen LogP contribution in [0.3, 0.4) is 0 Å². The summed E-state index contributed by atoms with van der Waals surface area (Å²) in [5, 5.41) is 8.26. The van der Waals surface area contributed by atoms with Crippen molar-refractivity contribution < 1.29 is 0 Å². The number of hydrogen-bond acceptors (Lipinski definition) is 2. The van der Waals surface area contributed by atoms with E-state index in [0.717, 1.165) is 18.7 Å². The fourth-order valence-electron chi connectivity index (χ4n) is 2.36. The summed E-state index contributed by atoms with van der Waals surface area (Å²) < 4.78 is 1.87. The molecule has 0 saturated heterocycles. The maximum absolute atomic E-state index is 6.17. The largest absolute Gasteiger partial charge is 0.248 e. The quantitative estimate of drug-likeness (QED) is 0.793. The van der Waals surface area contributed by atoms with Gasteiger partial charge in [-0.3, -0.25) is 0 Å². The van der Waals surface area contributed by atoms with Crippen molar-refractivity contribution in [1.29, 1.82) is 0 Å². The van der Waals surface area contributed by atoms with Gasteiger partial charge in [0.05, 0.1) is 18.1 Å². The number of hydrogen-bond donors (Lipinski definition) is 0. The minimum Gasteiger partial charge on any atom is -0.248 e. The van der Waals surface area contributed by atoms with Gasteiger partial charge in [-0.15, -0.1) is 16.7 Å². The zero-order valence-corrected chi connectivity index (χ0v) is 12.7. The third kappa shape index (κ3) is 3.16. The van der Waals surface area contributed by atoms with Crippen LogP contribution in [-0.2, 0) is 6.54 Å². The minimum absolute atomic E-state index is 0.0473. The van der Waals surface area contributed by atoms with Crippen LogP contribution in [0.15, 0.2) is 18.3 Å². The first-order valence-electron chi connectivity index (χ1n) is 6.62. The van der Waals surface area contributed by atoms with E-state index in [4.69, 9.17) is 11.6 Å². The maximum atomic E-state index is 6.17. The Labute approximate surface area is 119 Å². The summed E-state index contributed by atoms with van der Waals surface area (Å²) in [7, 11) is 0. The molecular formula is C15H20ClN3. The fourth-order valence-corrected chi connectivity index (χ4v) is 2.46. The molecule has 1 heterocycles. The zero-order chi connectivity index (χ0) is 14.0. The molecule has 4 heteroatoms. The normalized spacial score (nSPS) is 12.7. The van der Waals surface area contributed by atoms with E-state index in [1.807, 2.05) is 17.8 Å². The first kappa shape index (κ1) is 14.1. The minimum atomic E-state index is -0.0473. The molecular weight excluding hydrogens is 258 g/mol. The van der Waals surface area contributed by atoms with Crippen LogP contribution in [-0.4, -0.2) is 15.0 Å². The molecule has 0 aliphatic heterocycles. The molecule has 19 heavy (non-hydrogen) atoms. The van der Waals surface area contributed by atoms with Crippen LogP contribution in [0.5, 0.6) is 0 Å². The monoisotopic (exact) mass is 277 g/mol. The van der Waals surface area contributed by atoms with Gasteiger partial charge in [-0.25, -0.2) is 4.68 Å². The Balaban J connectivity index is 2.24. The molecule has 1 aromatic carbocycles. The molecule has 0 bridgehead atoms. The van der Waals surface area contributed by atoms with Crippen molar-refractivity contribution in [1.82, 2.24) is 15.0 Å². The Morgan fingerprint density at radius 3 is 2.42 bits per heavy atom. The van der Waals surface area contributed by atoms with Gasteiger partial charge in [-0.05, 0) is 43.9 Å². The topological polar surface area (TPSA) is 30.7 Å². The Kier molecular flexibility index (Phi) is 4.25. The van der Waals surface area contributed by atoms with Crippen molar-refractivity contribution in [2.75, 3.05) is 0 Å². The summed E-state index contributed by atoms with van der Waals surface area (Å²) in [4.78, 5) is 0. The van der Waals surface area contributed by atoms with Crippen molar-refractivity contribution in [3.05, 3.63) is 46.3 Å². The first-order valence-corrected chi connectivity index (χ1v) is 7.05. The van der Waals surface area contributed by atoms with E-state index in [2.05, 4.69) is 43.2 Å². The number of aryl methyl sites for hydroxylation is 3. The van der Waals surface area contributed by atoms with Gasteiger partial charge >= 0.3 is 0 Å². The SMILES string of the molecule is CCC(Cl)c1cn(Cc2c(C)cc(C)cc2C)nn1. The molecule has 2 rings (SSSR count). The van der Waals surface area contributed by atoms with Gasteiger partial charge in [0.25, 0.3) is 0 Å². The molecule has 0 aliphatic carbocycles. The molecule has 0 N–H and O–H groups in total. The summed E-state index contributed by atoms with van der Waals surface area (Å²) in [5.74, 6) is 0. The average Bonchev–Trinajstić information content (AvgIpc) is 2.81. The molecule has 0 saturated carbocycles. The number of nitrogens with zero attached hydrogens (tertiary/aromatic N) is 3. The highest BCUT2D eigenvalue weighted by molar-refractivity contribution is 6.20. The molecule has 0 spiro atoms. The molecule has 0 amide bonds.